The van der Waals surface area contributed by atoms with Gasteiger partial charge in [-0.25, -0.2) is 13.8 Å². The molecule has 3 rings (SSSR count). The molecule has 0 aliphatic carbocycles. The molecule has 0 N–H and O–H groups in total. The molecule has 5 heteroatoms. The molecule has 2 aromatic heterocycles. The highest BCUT2D eigenvalue weighted by atomic mass is 19.1. The lowest BCUT2D eigenvalue weighted by Gasteiger charge is -1.98. The molecule has 0 aliphatic rings. The number of pyridine rings is 1. The smallest absolute Gasteiger partial charge is 0.234 e. The molecule has 0 spiro atoms. The number of hydrogen-bond acceptors (Lipinski definition) is 3. The van der Waals surface area contributed by atoms with Gasteiger partial charge in [-0.2, -0.15) is 4.98 Å². The van der Waals surface area contributed by atoms with Crippen molar-refractivity contribution in [2.75, 3.05) is 0 Å². The molecule has 0 unspecified atom stereocenters. The highest BCUT2D eigenvalue weighted by molar-refractivity contribution is 5.72. The Balaban J connectivity index is 2.27. The zero-order chi connectivity index (χ0) is 11.8. The van der Waals surface area contributed by atoms with Crippen LogP contribution in [0.15, 0.2) is 40.9 Å². The number of halogens is 2. The summed E-state index contributed by atoms with van der Waals surface area (Å²) in [4.78, 5) is 7.88. The summed E-state index contributed by atoms with van der Waals surface area (Å²) in [5.41, 5.74) is 0.445. The van der Waals surface area contributed by atoms with Gasteiger partial charge in [-0.3, -0.25) is 0 Å². The van der Waals surface area contributed by atoms with Crippen LogP contribution in [-0.4, -0.2) is 9.97 Å². The lowest BCUT2D eigenvalue weighted by molar-refractivity contribution is 0.561. The first kappa shape index (κ1) is 9.89. The van der Waals surface area contributed by atoms with E-state index in [9.17, 15) is 8.78 Å². The standard InChI is InChI=1S/C12H6F2N2O/c13-7-3-1-4-8(14)10(7)12-16-11-9(17-12)5-2-6-15-11/h1-6H. The van der Waals surface area contributed by atoms with Gasteiger partial charge in [-0.05, 0) is 24.3 Å². The fraction of sp³-hybridized carbons (Fsp3) is 0. The molecule has 0 saturated carbocycles. The third-order valence-electron chi connectivity index (χ3n) is 2.34. The lowest BCUT2D eigenvalue weighted by atomic mass is 10.2. The minimum Gasteiger partial charge on any atom is -0.434 e. The number of rotatable bonds is 1. The molecule has 0 saturated heterocycles. The van der Waals surface area contributed by atoms with Gasteiger partial charge >= 0.3 is 0 Å². The number of nitrogens with zero attached hydrogens (tertiary/aromatic N) is 2. The fourth-order valence-electron chi connectivity index (χ4n) is 1.58. The molecule has 0 atom stereocenters. The van der Waals surface area contributed by atoms with E-state index >= 15 is 0 Å². The predicted molar refractivity (Wildman–Crippen MR) is 57.2 cm³/mol. The highest BCUT2D eigenvalue weighted by Gasteiger charge is 2.17. The topological polar surface area (TPSA) is 38.9 Å². The van der Waals surface area contributed by atoms with Crippen LogP contribution in [0, 0.1) is 11.6 Å². The Labute approximate surface area is 94.7 Å². The molecule has 1 aromatic carbocycles. The van der Waals surface area contributed by atoms with E-state index in [1.165, 1.54) is 12.3 Å². The number of fused-ring (bicyclic) bond motifs is 1. The van der Waals surface area contributed by atoms with Crippen LogP contribution in [0.4, 0.5) is 8.78 Å². The van der Waals surface area contributed by atoms with Gasteiger partial charge in [-0.15, -0.1) is 0 Å². The third kappa shape index (κ3) is 1.56. The summed E-state index contributed by atoms with van der Waals surface area (Å²) in [7, 11) is 0. The van der Waals surface area contributed by atoms with Crippen molar-refractivity contribution in [2.45, 2.75) is 0 Å². The fourth-order valence-corrected chi connectivity index (χ4v) is 1.58. The van der Waals surface area contributed by atoms with Crippen LogP contribution in [0.25, 0.3) is 22.7 Å². The predicted octanol–water partition coefficient (Wildman–Crippen LogP) is 3.17. The zero-order valence-electron chi connectivity index (χ0n) is 8.52. The molecule has 0 fully saturated rings. The van der Waals surface area contributed by atoms with Gasteiger partial charge in [0.2, 0.25) is 5.89 Å². The number of benzene rings is 1. The van der Waals surface area contributed by atoms with E-state index in [-0.39, 0.29) is 11.5 Å². The van der Waals surface area contributed by atoms with Gasteiger partial charge in [0.15, 0.2) is 11.2 Å². The Hall–Kier alpha value is -2.30. The molecule has 0 amide bonds. The van der Waals surface area contributed by atoms with Crippen molar-refractivity contribution in [3.05, 3.63) is 48.2 Å². The van der Waals surface area contributed by atoms with Crippen LogP contribution in [0.5, 0.6) is 0 Å². The molecule has 0 radical (unpaired) electrons. The van der Waals surface area contributed by atoms with E-state index in [1.54, 1.807) is 12.1 Å². The summed E-state index contributed by atoms with van der Waals surface area (Å²) in [6.07, 6.45) is 1.53. The third-order valence-corrected chi connectivity index (χ3v) is 2.34. The molecule has 3 nitrogen and oxygen atoms in total. The molecular formula is C12H6F2N2O. The SMILES string of the molecule is Fc1cccc(F)c1-c1nc2ncccc2o1. The first-order valence-electron chi connectivity index (χ1n) is 4.91. The molecule has 0 aliphatic heterocycles. The number of oxazole rings is 1. The summed E-state index contributed by atoms with van der Waals surface area (Å²) in [5.74, 6) is -1.53. The van der Waals surface area contributed by atoms with Crippen LogP contribution in [-0.2, 0) is 0 Å². The normalized spacial score (nSPS) is 10.9. The van der Waals surface area contributed by atoms with Crippen LogP contribution >= 0.6 is 0 Å². The maximum atomic E-state index is 13.5. The average Bonchev–Trinajstić information content (AvgIpc) is 2.71. The molecular weight excluding hydrogens is 226 g/mol. The average molecular weight is 232 g/mol. The summed E-state index contributed by atoms with van der Waals surface area (Å²) >= 11 is 0. The Morgan fingerprint density at radius 3 is 2.47 bits per heavy atom. The van der Waals surface area contributed by atoms with E-state index in [4.69, 9.17) is 4.42 Å². The van der Waals surface area contributed by atoms with Crippen LogP contribution in [0.2, 0.25) is 0 Å². The largest absolute Gasteiger partial charge is 0.434 e. The van der Waals surface area contributed by atoms with E-state index in [2.05, 4.69) is 9.97 Å². The first-order valence-corrected chi connectivity index (χ1v) is 4.91. The van der Waals surface area contributed by atoms with E-state index in [0.717, 1.165) is 12.1 Å². The number of aromatic nitrogens is 2. The van der Waals surface area contributed by atoms with Gasteiger partial charge in [0.1, 0.15) is 17.2 Å². The van der Waals surface area contributed by atoms with Gasteiger partial charge in [0.25, 0.3) is 0 Å². The quantitative estimate of drug-likeness (QED) is 0.646. The summed E-state index contributed by atoms with van der Waals surface area (Å²) in [6.45, 7) is 0. The van der Waals surface area contributed by atoms with Crippen molar-refractivity contribution in [2.24, 2.45) is 0 Å². The minimum absolute atomic E-state index is 0.102. The lowest BCUT2D eigenvalue weighted by Crippen LogP contribution is -1.89. The van der Waals surface area contributed by atoms with Crippen molar-refractivity contribution in [1.29, 1.82) is 0 Å². The molecule has 3 aromatic rings. The molecule has 84 valence electrons. The van der Waals surface area contributed by atoms with E-state index in [1.807, 2.05) is 0 Å². The Morgan fingerprint density at radius 2 is 1.76 bits per heavy atom. The van der Waals surface area contributed by atoms with Gasteiger partial charge in [0.05, 0.1) is 0 Å². The van der Waals surface area contributed by atoms with E-state index < -0.39 is 11.6 Å². The van der Waals surface area contributed by atoms with Crippen molar-refractivity contribution >= 4 is 11.2 Å². The highest BCUT2D eigenvalue weighted by Crippen LogP contribution is 2.27. The van der Waals surface area contributed by atoms with Crippen molar-refractivity contribution < 1.29 is 13.2 Å². The minimum atomic E-state index is -0.712. The van der Waals surface area contributed by atoms with Crippen molar-refractivity contribution in [3.8, 4) is 11.5 Å². The van der Waals surface area contributed by atoms with Gasteiger partial charge < -0.3 is 4.42 Å². The molecule has 17 heavy (non-hydrogen) atoms. The summed E-state index contributed by atoms with van der Waals surface area (Å²) < 4.78 is 32.3. The molecule has 0 bridgehead atoms. The second-order valence-corrected chi connectivity index (χ2v) is 3.44. The van der Waals surface area contributed by atoms with Crippen molar-refractivity contribution in [1.82, 2.24) is 9.97 Å². The Morgan fingerprint density at radius 1 is 1.00 bits per heavy atom. The van der Waals surface area contributed by atoms with Gasteiger partial charge in [0, 0.05) is 6.20 Å². The van der Waals surface area contributed by atoms with Crippen LogP contribution in [0.1, 0.15) is 0 Å². The summed E-state index contributed by atoms with van der Waals surface area (Å²) in [6, 6.07) is 6.89. The maximum Gasteiger partial charge on any atom is 0.234 e. The maximum absolute atomic E-state index is 13.5. The second kappa shape index (κ2) is 3.62. The van der Waals surface area contributed by atoms with Crippen LogP contribution in [0.3, 0.4) is 0 Å². The van der Waals surface area contributed by atoms with E-state index in [0.29, 0.717) is 11.2 Å². The van der Waals surface area contributed by atoms with Gasteiger partial charge in [-0.1, -0.05) is 6.07 Å². The first-order chi connectivity index (χ1) is 8.25. The Bertz CT molecular complexity index is 641. The monoisotopic (exact) mass is 232 g/mol. The Kier molecular flexibility index (Phi) is 2.11. The summed E-state index contributed by atoms with van der Waals surface area (Å²) in [5, 5.41) is 0. The second-order valence-electron chi connectivity index (χ2n) is 3.44. The number of hydrogen-bond donors (Lipinski definition) is 0. The molecule has 2 heterocycles. The van der Waals surface area contributed by atoms with Crippen LogP contribution < -0.4 is 0 Å². The zero-order valence-corrected chi connectivity index (χ0v) is 8.52. The van der Waals surface area contributed by atoms with Crippen molar-refractivity contribution in [3.63, 3.8) is 0 Å².